The van der Waals surface area contributed by atoms with E-state index < -0.39 is 0 Å². The van der Waals surface area contributed by atoms with Crippen LogP contribution in [0.2, 0.25) is 0 Å². The second-order valence-corrected chi connectivity index (χ2v) is 6.12. The van der Waals surface area contributed by atoms with Crippen molar-refractivity contribution in [2.45, 2.75) is 39.5 Å². The molecule has 0 amide bonds. The minimum Gasteiger partial charge on any atom is -0.497 e. The molecule has 1 aromatic rings. The number of methoxy groups -OCH3 is 1. The predicted molar refractivity (Wildman–Crippen MR) is 74.3 cm³/mol. The number of fused-ring (bicyclic) bond motifs is 1. The maximum Gasteiger partial charge on any atom is 0.166 e. The lowest BCUT2D eigenvalue weighted by Crippen LogP contribution is -2.22. The number of carbonyl (C=O) groups excluding carboxylic acids is 1. The van der Waals surface area contributed by atoms with Gasteiger partial charge in [0.15, 0.2) is 5.78 Å². The number of Topliss-reactive ketones (excluding diaryl/α,β-unsaturated/α-hetero) is 1. The first-order valence-corrected chi connectivity index (χ1v) is 6.31. The van der Waals surface area contributed by atoms with E-state index in [2.05, 4.69) is 20.8 Å². The highest BCUT2D eigenvalue weighted by Gasteiger charge is 2.32. The van der Waals surface area contributed by atoms with Crippen LogP contribution in [0.25, 0.3) is 0 Å². The third-order valence-corrected chi connectivity index (χ3v) is 3.66. The summed E-state index contributed by atoms with van der Waals surface area (Å²) < 4.78 is 5.46. The van der Waals surface area contributed by atoms with Gasteiger partial charge in [0.1, 0.15) is 13.6 Å². The zero-order valence-corrected chi connectivity index (χ0v) is 11.8. The van der Waals surface area contributed by atoms with Gasteiger partial charge >= 0.3 is 0 Å². The first-order valence-electron chi connectivity index (χ1n) is 6.31. The molecule has 0 fully saturated rings. The van der Waals surface area contributed by atoms with E-state index in [9.17, 15) is 4.79 Å². The quantitative estimate of drug-likeness (QED) is 0.705. The van der Waals surface area contributed by atoms with Crippen LogP contribution in [0.5, 0.6) is 5.75 Å². The lowest BCUT2D eigenvalue weighted by atomic mass is 9.78. The molecule has 2 radical (unpaired) electrons. The number of ketones is 1. The Hall–Kier alpha value is -1.25. The van der Waals surface area contributed by atoms with Gasteiger partial charge in [-0.05, 0) is 29.0 Å². The summed E-state index contributed by atoms with van der Waals surface area (Å²) in [7, 11) is 7.82. The Labute approximate surface area is 110 Å². The van der Waals surface area contributed by atoms with Crippen molar-refractivity contribution in [2.24, 2.45) is 5.92 Å². The lowest BCUT2D eigenvalue weighted by molar-refractivity contribution is 0.0946. The highest BCUT2D eigenvalue weighted by molar-refractivity contribution is 6.36. The van der Waals surface area contributed by atoms with Crippen LogP contribution in [-0.2, 0) is 11.8 Å². The Kier molecular flexibility index (Phi) is 3.04. The fourth-order valence-electron chi connectivity index (χ4n) is 2.61. The summed E-state index contributed by atoms with van der Waals surface area (Å²) >= 11 is 0. The maximum atomic E-state index is 12.1. The molecule has 0 saturated heterocycles. The molecule has 94 valence electrons. The SMILES string of the molecule is [B]c1c2c(cc(C(C)(C)C)c1OC)C(=O)C(C)C2. The lowest BCUT2D eigenvalue weighted by Gasteiger charge is -2.25. The largest absolute Gasteiger partial charge is 0.497 e. The van der Waals surface area contributed by atoms with Gasteiger partial charge in [0.2, 0.25) is 0 Å². The molecule has 0 aliphatic heterocycles. The van der Waals surface area contributed by atoms with Crippen molar-refractivity contribution >= 4 is 19.1 Å². The van der Waals surface area contributed by atoms with Crippen molar-refractivity contribution < 1.29 is 9.53 Å². The summed E-state index contributed by atoms with van der Waals surface area (Å²) in [6, 6.07) is 1.97. The van der Waals surface area contributed by atoms with Crippen LogP contribution in [-0.4, -0.2) is 20.7 Å². The van der Waals surface area contributed by atoms with Crippen LogP contribution in [0.3, 0.4) is 0 Å². The summed E-state index contributed by atoms with van der Waals surface area (Å²) in [5.74, 6) is 0.954. The van der Waals surface area contributed by atoms with E-state index >= 15 is 0 Å². The second kappa shape index (κ2) is 4.15. The molecule has 2 nitrogen and oxygen atoms in total. The summed E-state index contributed by atoms with van der Waals surface area (Å²) in [4.78, 5) is 12.1. The topological polar surface area (TPSA) is 26.3 Å². The molecule has 18 heavy (non-hydrogen) atoms. The molecule has 0 N–H and O–H groups in total. The van der Waals surface area contributed by atoms with Crippen LogP contribution in [0.4, 0.5) is 0 Å². The average Bonchev–Trinajstić information content (AvgIpc) is 2.55. The molecule has 0 bridgehead atoms. The van der Waals surface area contributed by atoms with Crippen LogP contribution in [0.15, 0.2) is 6.07 Å². The van der Waals surface area contributed by atoms with Crippen molar-refractivity contribution in [3.63, 3.8) is 0 Å². The van der Waals surface area contributed by atoms with Crippen LogP contribution >= 0.6 is 0 Å². The van der Waals surface area contributed by atoms with Gasteiger partial charge in [-0.1, -0.05) is 33.2 Å². The van der Waals surface area contributed by atoms with Gasteiger partial charge in [-0.2, -0.15) is 0 Å². The molecular formula is C15H19BO2. The Morgan fingerprint density at radius 2 is 2.00 bits per heavy atom. The Balaban J connectivity index is 2.73. The molecule has 3 heteroatoms. The minimum atomic E-state index is -0.0966. The number of hydrogen-bond donors (Lipinski definition) is 0. The van der Waals surface area contributed by atoms with Crippen LogP contribution in [0, 0.1) is 5.92 Å². The number of benzene rings is 1. The Bertz CT molecular complexity index is 512. The van der Waals surface area contributed by atoms with Crippen molar-refractivity contribution in [1.29, 1.82) is 0 Å². The normalized spacial score (nSPS) is 18.9. The van der Waals surface area contributed by atoms with Crippen LogP contribution in [0.1, 0.15) is 49.2 Å². The highest BCUT2D eigenvalue weighted by atomic mass is 16.5. The molecule has 0 saturated carbocycles. The number of ether oxygens (including phenoxy) is 1. The minimum absolute atomic E-state index is 0.0298. The van der Waals surface area contributed by atoms with Crippen molar-refractivity contribution in [1.82, 2.24) is 0 Å². The van der Waals surface area contributed by atoms with Gasteiger partial charge in [-0.3, -0.25) is 4.79 Å². The van der Waals surface area contributed by atoms with E-state index in [0.717, 1.165) is 28.9 Å². The number of carbonyl (C=O) groups is 1. The highest BCUT2D eigenvalue weighted by Crippen LogP contribution is 2.36. The molecular weight excluding hydrogens is 223 g/mol. The van der Waals surface area contributed by atoms with Gasteiger partial charge < -0.3 is 4.74 Å². The smallest absolute Gasteiger partial charge is 0.166 e. The van der Waals surface area contributed by atoms with E-state index in [0.29, 0.717) is 5.46 Å². The predicted octanol–water partition coefficient (Wildman–Crippen LogP) is 2.16. The van der Waals surface area contributed by atoms with Crippen molar-refractivity contribution in [3.05, 3.63) is 22.8 Å². The van der Waals surface area contributed by atoms with Crippen molar-refractivity contribution in [2.75, 3.05) is 7.11 Å². The van der Waals surface area contributed by atoms with Gasteiger partial charge in [-0.15, -0.1) is 0 Å². The van der Waals surface area contributed by atoms with Gasteiger partial charge in [-0.25, -0.2) is 0 Å². The van der Waals surface area contributed by atoms with Gasteiger partial charge in [0.25, 0.3) is 0 Å². The monoisotopic (exact) mass is 242 g/mol. The molecule has 1 atom stereocenters. The molecule has 1 unspecified atom stereocenters. The van der Waals surface area contributed by atoms with Crippen LogP contribution < -0.4 is 10.2 Å². The summed E-state index contributed by atoms with van der Waals surface area (Å²) in [5.41, 5.74) is 3.28. The summed E-state index contributed by atoms with van der Waals surface area (Å²) in [6.45, 7) is 8.24. The van der Waals surface area contributed by atoms with Gasteiger partial charge in [0.05, 0.1) is 7.11 Å². The standard InChI is InChI=1S/C15H19BO2/c1-8-6-9-10(13(8)17)7-11(15(2,3)4)14(18-5)12(9)16/h7-8H,6H2,1-5H3. The van der Waals surface area contributed by atoms with E-state index in [1.54, 1.807) is 7.11 Å². The van der Waals surface area contributed by atoms with E-state index in [-0.39, 0.29) is 17.1 Å². The van der Waals surface area contributed by atoms with Gasteiger partial charge in [0, 0.05) is 11.5 Å². The third kappa shape index (κ3) is 1.86. The maximum absolute atomic E-state index is 12.1. The number of rotatable bonds is 1. The first-order chi connectivity index (χ1) is 8.27. The first kappa shape index (κ1) is 13.2. The third-order valence-electron chi connectivity index (χ3n) is 3.66. The molecule has 1 aliphatic rings. The molecule has 1 aromatic carbocycles. The summed E-state index contributed by atoms with van der Waals surface area (Å²) in [6.07, 6.45) is 0.723. The Morgan fingerprint density at radius 1 is 1.39 bits per heavy atom. The van der Waals surface area contributed by atoms with E-state index in [1.807, 2.05) is 13.0 Å². The fraction of sp³-hybridized carbons (Fsp3) is 0.533. The average molecular weight is 242 g/mol. The fourth-order valence-corrected chi connectivity index (χ4v) is 2.61. The zero-order valence-electron chi connectivity index (χ0n) is 11.8. The molecule has 0 heterocycles. The van der Waals surface area contributed by atoms with Crippen molar-refractivity contribution in [3.8, 4) is 5.75 Å². The molecule has 1 aliphatic carbocycles. The van der Waals surface area contributed by atoms with E-state index in [1.165, 1.54) is 0 Å². The molecule has 2 rings (SSSR count). The summed E-state index contributed by atoms with van der Waals surface area (Å²) in [5, 5.41) is 0. The second-order valence-electron chi connectivity index (χ2n) is 6.12. The zero-order chi connectivity index (χ0) is 13.7. The number of hydrogen-bond acceptors (Lipinski definition) is 2. The van der Waals surface area contributed by atoms with E-state index in [4.69, 9.17) is 12.6 Å². The molecule has 0 spiro atoms. The Morgan fingerprint density at radius 3 is 2.50 bits per heavy atom. The molecule has 0 aromatic heterocycles.